The number of esters is 1. The molecule has 0 aliphatic heterocycles. The van der Waals surface area contributed by atoms with Gasteiger partial charge in [-0.1, -0.05) is 58.3 Å². The highest BCUT2D eigenvalue weighted by molar-refractivity contribution is 5.69. The minimum atomic E-state index is -0.977. The lowest BCUT2D eigenvalue weighted by Crippen LogP contribution is -2.33. The summed E-state index contributed by atoms with van der Waals surface area (Å²) in [7, 11) is 0. The molecule has 0 aromatic carbocycles. The molecular weight excluding hydrogens is 296 g/mol. The highest BCUT2D eigenvalue weighted by Crippen LogP contribution is 2.13. The van der Waals surface area contributed by atoms with Crippen molar-refractivity contribution in [3.8, 4) is 0 Å². The summed E-state index contributed by atoms with van der Waals surface area (Å²) in [6.07, 6.45) is 8.46. The standard InChI is InChI=1S/C18H36O5/c1-3-4-5-6-7-8-9-10-11-12-18(22)23-17(15(2)20)13-16(21)14-19/h15-17,19-21H,3-14H2,1-2H3. The molecule has 0 radical (unpaired) electrons. The quantitative estimate of drug-likeness (QED) is 0.317. The third kappa shape index (κ3) is 13.5. The SMILES string of the molecule is CCCCCCCCCCCC(=O)OC(CC(O)CO)C(C)O. The molecule has 3 atom stereocenters. The lowest BCUT2D eigenvalue weighted by atomic mass is 10.1. The Balaban J connectivity index is 3.68. The maximum Gasteiger partial charge on any atom is 0.306 e. The van der Waals surface area contributed by atoms with Crippen LogP contribution >= 0.6 is 0 Å². The smallest absolute Gasteiger partial charge is 0.306 e. The van der Waals surface area contributed by atoms with E-state index in [0.717, 1.165) is 19.3 Å². The highest BCUT2D eigenvalue weighted by Gasteiger charge is 2.22. The van der Waals surface area contributed by atoms with E-state index in [2.05, 4.69) is 6.92 Å². The molecule has 0 saturated heterocycles. The fourth-order valence-electron chi connectivity index (χ4n) is 2.49. The predicted molar refractivity (Wildman–Crippen MR) is 91.1 cm³/mol. The number of hydrogen-bond acceptors (Lipinski definition) is 5. The largest absolute Gasteiger partial charge is 0.460 e. The molecule has 0 fully saturated rings. The van der Waals surface area contributed by atoms with Crippen molar-refractivity contribution >= 4 is 5.97 Å². The second-order valence-electron chi connectivity index (χ2n) is 6.42. The van der Waals surface area contributed by atoms with Gasteiger partial charge in [0.05, 0.1) is 18.8 Å². The summed E-state index contributed by atoms with van der Waals surface area (Å²) in [5, 5.41) is 27.8. The molecule has 0 aliphatic carbocycles. The van der Waals surface area contributed by atoms with Crippen LogP contribution < -0.4 is 0 Å². The van der Waals surface area contributed by atoms with Crippen molar-refractivity contribution in [1.82, 2.24) is 0 Å². The van der Waals surface area contributed by atoms with Crippen LogP contribution in [0.5, 0.6) is 0 Å². The van der Waals surface area contributed by atoms with Crippen molar-refractivity contribution < 1.29 is 24.9 Å². The van der Waals surface area contributed by atoms with Crippen LogP contribution in [0, 0.1) is 0 Å². The number of aliphatic hydroxyl groups is 3. The minimum Gasteiger partial charge on any atom is -0.460 e. The Kier molecular flexibility index (Phi) is 14.5. The molecule has 0 bridgehead atoms. The van der Waals surface area contributed by atoms with Gasteiger partial charge >= 0.3 is 5.97 Å². The molecule has 0 rings (SSSR count). The Morgan fingerprint density at radius 1 is 0.957 bits per heavy atom. The number of carbonyl (C=O) groups is 1. The first-order valence-corrected chi connectivity index (χ1v) is 9.17. The van der Waals surface area contributed by atoms with Gasteiger partial charge in [-0.2, -0.15) is 0 Å². The lowest BCUT2D eigenvalue weighted by Gasteiger charge is -2.22. The summed E-state index contributed by atoms with van der Waals surface area (Å²) in [6, 6.07) is 0. The maximum atomic E-state index is 11.8. The van der Waals surface area contributed by atoms with Crippen LogP contribution in [-0.2, 0) is 9.53 Å². The van der Waals surface area contributed by atoms with Crippen LogP contribution in [-0.4, -0.2) is 46.2 Å². The van der Waals surface area contributed by atoms with E-state index in [1.807, 2.05) is 0 Å². The van der Waals surface area contributed by atoms with Crippen LogP contribution in [0.25, 0.3) is 0 Å². The molecule has 0 amide bonds. The Hall–Kier alpha value is -0.650. The average Bonchev–Trinajstić information content (AvgIpc) is 2.52. The number of hydrogen-bond donors (Lipinski definition) is 3. The third-order valence-electron chi connectivity index (χ3n) is 4.02. The summed E-state index contributed by atoms with van der Waals surface area (Å²) < 4.78 is 5.20. The molecule has 0 spiro atoms. The van der Waals surface area contributed by atoms with Crippen molar-refractivity contribution in [2.45, 2.75) is 103 Å². The molecule has 0 saturated carbocycles. The molecule has 0 heterocycles. The van der Waals surface area contributed by atoms with Crippen LogP contribution in [0.3, 0.4) is 0 Å². The number of rotatable bonds is 15. The van der Waals surface area contributed by atoms with Crippen LogP contribution in [0.15, 0.2) is 0 Å². The van der Waals surface area contributed by atoms with E-state index < -0.39 is 24.9 Å². The lowest BCUT2D eigenvalue weighted by molar-refractivity contribution is -0.157. The zero-order chi connectivity index (χ0) is 17.5. The number of unbranched alkanes of at least 4 members (excludes halogenated alkanes) is 8. The maximum absolute atomic E-state index is 11.8. The Bertz CT molecular complexity index is 281. The molecule has 3 N–H and O–H groups in total. The molecule has 0 aliphatic rings. The molecule has 0 aromatic heterocycles. The predicted octanol–water partition coefficient (Wildman–Crippen LogP) is 2.94. The molecule has 5 heteroatoms. The first-order chi connectivity index (χ1) is 11.0. The number of carbonyl (C=O) groups excluding carboxylic acids is 1. The van der Waals surface area contributed by atoms with Gasteiger partial charge in [-0.15, -0.1) is 0 Å². The van der Waals surface area contributed by atoms with Gasteiger partial charge in [-0.3, -0.25) is 4.79 Å². The topological polar surface area (TPSA) is 87.0 Å². The zero-order valence-corrected chi connectivity index (χ0v) is 14.9. The van der Waals surface area contributed by atoms with Gasteiger partial charge < -0.3 is 20.1 Å². The van der Waals surface area contributed by atoms with Crippen molar-refractivity contribution in [2.75, 3.05) is 6.61 Å². The fourth-order valence-corrected chi connectivity index (χ4v) is 2.49. The molecule has 138 valence electrons. The zero-order valence-electron chi connectivity index (χ0n) is 14.9. The number of aliphatic hydroxyl groups excluding tert-OH is 3. The van der Waals surface area contributed by atoms with Gasteiger partial charge in [0, 0.05) is 12.8 Å². The van der Waals surface area contributed by atoms with Gasteiger partial charge in [-0.05, 0) is 13.3 Å². The normalized spacial score (nSPS) is 15.2. The van der Waals surface area contributed by atoms with E-state index in [1.54, 1.807) is 0 Å². The summed E-state index contributed by atoms with van der Waals surface area (Å²) in [6.45, 7) is 3.32. The molecule has 23 heavy (non-hydrogen) atoms. The first kappa shape index (κ1) is 22.4. The minimum absolute atomic E-state index is 0.0532. The van der Waals surface area contributed by atoms with Crippen molar-refractivity contribution in [2.24, 2.45) is 0 Å². The highest BCUT2D eigenvalue weighted by atomic mass is 16.6. The second kappa shape index (κ2) is 14.9. The fraction of sp³-hybridized carbons (Fsp3) is 0.944. The molecule has 0 aromatic rings. The number of ether oxygens (including phenoxy) is 1. The van der Waals surface area contributed by atoms with Crippen molar-refractivity contribution in [1.29, 1.82) is 0 Å². The van der Waals surface area contributed by atoms with Gasteiger partial charge in [0.15, 0.2) is 0 Å². The van der Waals surface area contributed by atoms with E-state index in [0.29, 0.717) is 6.42 Å². The first-order valence-electron chi connectivity index (χ1n) is 9.17. The van der Waals surface area contributed by atoms with E-state index in [1.165, 1.54) is 45.4 Å². The third-order valence-corrected chi connectivity index (χ3v) is 4.02. The monoisotopic (exact) mass is 332 g/mol. The summed E-state index contributed by atoms with van der Waals surface area (Å²) >= 11 is 0. The van der Waals surface area contributed by atoms with Gasteiger partial charge in [-0.25, -0.2) is 0 Å². The van der Waals surface area contributed by atoms with Crippen LogP contribution in [0.2, 0.25) is 0 Å². The Morgan fingerprint density at radius 3 is 1.96 bits per heavy atom. The van der Waals surface area contributed by atoms with Crippen molar-refractivity contribution in [3.63, 3.8) is 0 Å². The summed E-state index contributed by atoms with van der Waals surface area (Å²) in [4.78, 5) is 11.8. The molecular formula is C18H36O5. The van der Waals surface area contributed by atoms with E-state index in [-0.39, 0.29) is 12.4 Å². The van der Waals surface area contributed by atoms with Crippen LogP contribution in [0.1, 0.15) is 84.5 Å². The molecule has 5 nitrogen and oxygen atoms in total. The Labute approximate surface area is 141 Å². The van der Waals surface area contributed by atoms with Gasteiger partial charge in [0.2, 0.25) is 0 Å². The van der Waals surface area contributed by atoms with Gasteiger partial charge in [0.1, 0.15) is 6.10 Å². The van der Waals surface area contributed by atoms with Gasteiger partial charge in [0.25, 0.3) is 0 Å². The van der Waals surface area contributed by atoms with E-state index in [4.69, 9.17) is 9.84 Å². The molecule has 3 unspecified atom stereocenters. The second-order valence-corrected chi connectivity index (χ2v) is 6.42. The summed E-state index contributed by atoms with van der Waals surface area (Å²) in [5.74, 6) is -0.344. The summed E-state index contributed by atoms with van der Waals surface area (Å²) in [5.41, 5.74) is 0. The average molecular weight is 332 g/mol. The van der Waals surface area contributed by atoms with E-state index in [9.17, 15) is 15.0 Å². The van der Waals surface area contributed by atoms with Crippen LogP contribution in [0.4, 0.5) is 0 Å². The van der Waals surface area contributed by atoms with E-state index >= 15 is 0 Å². The Morgan fingerprint density at radius 2 is 1.48 bits per heavy atom. The van der Waals surface area contributed by atoms with Crippen molar-refractivity contribution in [3.05, 3.63) is 0 Å².